The number of esters is 1. The van der Waals surface area contributed by atoms with Gasteiger partial charge in [0, 0.05) is 25.7 Å². The average molecular weight is 393 g/mol. The lowest BCUT2D eigenvalue weighted by Gasteiger charge is -2.57. The van der Waals surface area contributed by atoms with Crippen LogP contribution in [0.4, 0.5) is 0 Å². The monoisotopic (exact) mass is 392 g/mol. The average Bonchev–Trinajstić information content (AvgIpc) is 3.07. The standard InChI is InChI=1S/C26H33NO2/c1-17(28)29-20-10-12-25(2)19(15-20)6-7-21-23-9-8-22(18-5-4-14-27-16-18)26(23,3)13-11-24(21)25/h4-6,8,14,16,20-21,23-24H,7,9-13,15H2,1-3H3/t20-,21?,23?,24?,25-,26+/m0/s1/i6D. The zero-order valence-electron chi connectivity index (χ0n) is 18.9. The Morgan fingerprint density at radius 1 is 1.21 bits per heavy atom. The van der Waals surface area contributed by atoms with Crippen LogP contribution in [-0.4, -0.2) is 17.1 Å². The first-order valence-corrected chi connectivity index (χ1v) is 11.3. The molecule has 6 atom stereocenters. The molecular formula is C26H33NO2. The zero-order valence-corrected chi connectivity index (χ0v) is 17.9. The van der Waals surface area contributed by atoms with E-state index in [0.717, 1.165) is 38.2 Å². The summed E-state index contributed by atoms with van der Waals surface area (Å²) in [5.41, 5.74) is 4.31. The van der Waals surface area contributed by atoms with E-state index in [9.17, 15) is 4.79 Å². The van der Waals surface area contributed by atoms with E-state index in [2.05, 4.69) is 31.0 Å². The predicted octanol–water partition coefficient (Wildman–Crippen LogP) is 5.97. The Kier molecular flexibility index (Phi) is 4.21. The van der Waals surface area contributed by atoms with E-state index in [1.165, 1.54) is 36.5 Å². The second-order valence-corrected chi connectivity index (χ2v) is 10.2. The van der Waals surface area contributed by atoms with Crippen molar-refractivity contribution in [3.63, 3.8) is 0 Å². The molecule has 2 fully saturated rings. The Labute approximate surface area is 176 Å². The molecule has 5 rings (SSSR count). The summed E-state index contributed by atoms with van der Waals surface area (Å²) in [6, 6.07) is 5.07. The van der Waals surface area contributed by atoms with Crippen molar-refractivity contribution in [2.24, 2.45) is 28.6 Å². The maximum Gasteiger partial charge on any atom is 0.302 e. The van der Waals surface area contributed by atoms with Crippen LogP contribution in [0, 0.1) is 28.6 Å². The Morgan fingerprint density at radius 2 is 2.03 bits per heavy atom. The number of allylic oxidation sites excluding steroid dienone is 3. The van der Waals surface area contributed by atoms with Crippen LogP contribution < -0.4 is 0 Å². The highest BCUT2D eigenvalue weighted by atomic mass is 16.5. The molecule has 4 aliphatic rings. The van der Waals surface area contributed by atoms with Crippen molar-refractivity contribution in [1.82, 2.24) is 4.98 Å². The van der Waals surface area contributed by atoms with Gasteiger partial charge in [-0.2, -0.15) is 0 Å². The number of fused-ring (bicyclic) bond motifs is 5. The van der Waals surface area contributed by atoms with Gasteiger partial charge >= 0.3 is 5.97 Å². The third-order valence-corrected chi connectivity index (χ3v) is 8.80. The van der Waals surface area contributed by atoms with Crippen LogP contribution in [0.5, 0.6) is 0 Å². The van der Waals surface area contributed by atoms with Gasteiger partial charge in [-0.3, -0.25) is 9.78 Å². The maximum atomic E-state index is 11.5. The summed E-state index contributed by atoms with van der Waals surface area (Å²) in [5, 5.41) is 0. The molecular weight excluding hydrogens is 358 g/mol. The highest BCUT2D eigenvalue weighted by Gasteiger charge is 2.56. The molecule has 3 nitrogen and oxygen atoms in total. The molecule has 29 heavy (non-hydrogen) atoms. The molecule has 2 saturated carbocycles. The topological polar surface area (TPSA) is 39.2 Å². The SMILES string of the molecule is [2H]C1=C2C[C@@H](OC(C)=O)CC[C@]2(C)C2CC[C@]3(C)C(c4cccnc4)=CCC3C2C1. The Bertz CT molecular complexity index is 922. The minimum atomic E-state index is -0.196. The first-order chi connectivity index (χ1) is 14.3. The molecule has 3 unspecified atom stereocenters. The second kappa shape index (κ2) is 6.82. The number of hydrogen-bond donors (Lipinski definition) is 0. The molecule has 154 valence electrons. The number of rotatable bonds is 2. The van der Waals surface area contributed by atoms with Crippen molar-refractivity contribution in [3.8, 4) is 0 Å². The van der Waals surface area contributed by atoms with E-state index in [1.54, 1.807) is 0 Å². The van der Waals surface area contributed by atoms with Crippen LogP contribution >= 0.6 is 0 Å². The number of nitrogens with zero attached hydrogens (tertiary/aromatic N) is 1. The van der Waals surface area contributed by atoms with Gasteiger partial charge in [0.15, 0.2) is 0 Å². The lowest BCUT2D eigenvalue weighted by molar-refractivity contribution is -0.148. The van der Waals surface area contributed by atoms with Crippen LogP contribution in [0.3, 0.4) is 0 Å². The van der Waals surface area contributed by atoms with Gasteiger partial charge in [0.2, 0.25) is 0 Å². The first kappa shape index (κ1) is 17.9. The van der Waals surface area contributed by atoms with Crippen LogP contribution in [0.15, 0.2) is 42.2 Å². The van der Waals surface area contributed by atoms with Gasteiger partial charge in [0.25, 0.3) is 0 Å². The Hall–Kier alpha value is -1.90. The minimum Gasteiger partial charge on any atom is -0.462 e. The van der Waals surface area contributed by atoms with Gasteiger partial charge in [0.05, 0.1) is 1.37 Å². The fourth-order valence-corrected chi connectivity index (χ4v) is 7.33. The summed E-state index contributed by atoms with van der Waals surface area (Å²) in [7, 11) is 0. The van der Waals surface area contributed by atoms with E-state index in [1.807, 2.05) is 18.5 Å². The fraction of sp³-hybridized carbons (Fsp3) is 0.615. The number of ether oxygens (including phenoxy) is 1. The number of aromatic nitrogens is 1. The molecule has 0 bridgehead atoms. The molecule has 0 radical (unpaired) electrons. The van der Waals surface area contributed by atoms with Gasteiger partial charge in [-0.15, -0.1) is 0 Å². The molecule has 0 aromatic carbocycles. The third kappa shape index (κ3) is 2.92. The van der Waals surface area contributed by atoms with Crippen LogP contribution in [0.2, 0.25) is 0 Å². The van der Waals surface area contributed by atoms with Crippen LogP contribution in [-0.2, 0) is 9.53 Å². The predicted molar refractivity (Wildman–Crippen MR) is 115 cm³/mol. The van der Waals surface area contributed by atoms with Crippen LogP contribution in [0.1, 0.15) is 72.7 Å². The molecule has 3 heteroatoms. The Morgan fingerprint density at radius 3 is 2.79 bits per heavy atom. The van der Waals surface area contributed by atoms with Gasteiger partial charge in [0.1, 0.15) is 6.10 Å². The molecule has 1 aromatic rings. The second-order valence-electron chi connectivity index (χ2n) is 10.2. The van der Waals surface area contributed by atoms with E-state index in [-0.39, 0.29) is 22.9 Å². The molecule has 1 aromatic heterocycles. The van der Waals surface area contributed by atoms with Crippen molar-refractivity contribution >= 4 is 11.5 Å². The largest absolute Gasteiger partial charge is 0.462 e. The number of carbonyl (C=O) groups is 1. The van der Waals surface area contributed by atoms with Gasteiger partial charge in [-0.25, -0.2) is 0 Å². The van der Waals surface area contributed by atoms with E-state index >= 15 is 0 Å². The smallest absolute Gasteiger partial charge is 0.302 e. The minimum absolute atomic E-state index is 0.0401. The van der Waals surface area contributed by atoms with Crippen molar-refractivity contribution < 1.29 is 10.9 Å². The quantitative estimate of drug-likeness (QED) is 0.460. The van der Waals surface area contributed by atoms with E-state index < -0.39 is 0 Å². The van der Waals surface area contributed by atoms with E-state index in [4.69, 9.17) is 6.11 Å². The van der Waals surface area contributed by atoms with Gasteiger partial charge in [-0.05, 0) is 84.3 Å². The third-order valence-electron chi connectivity index (χ3n) is 8.80. The maximum absolute atomic E-state index is 11.5. The van der Waals surface area contributed by atoms with Crippen molar-refractivity contribution in [3.05, 3.63) is 47.8 Å². The van der Waals surface area contributed by atoms with Crippen molar-refractivity contribution in [2.75, 3.05) is 0 Å². The number of pyridine rings is 1. The molecule has 4 aliphatic carbocycles. The highest BCUT2D eigenvalue weighted by molar-refractivity contribution is 5.72. The summed E-state index contributed by atoms with van der Waals surface area (Å²) >= 11 is 0. The molecule has 1 heterocycles. The normalized spacial score (nSPS) is 41.6. The zero-order chi connectivity index (χ0) is 21.1. The molecule has 0 aliphatic heterocycles. The van der Waals surface area contributed by atoms with Gasteiger partial charge < -0.3 is 4.74 Å². The summed E-state index contributed by atoms with van der Waals surface area (Å²) in [6.07, 6.45) is 13.5. The Balaban J connectivity index is 1.45. The summed E-state index contributed by atoms with van der Waals surface area (Å²) in [4.78, 5) is 15.8. The summed E-state index contributed by atoms with van der Waals surface area (Å²) in [5.74, 6) is 1.62. The fourth-order valence-electron chi connectivity index (χ4n) is 7.33. The summed E-state index contributed by atoms with van der Waals surface area (Å²) in [6.45, 7) is 6.36. The van der Waals surface area contributed by atoms with Crippen molar-refractivity contribution in [2.45, 2.75) is 71.8 Å². The lowest BCUT2D eigenvalue weighted by Crippen LogP contribution is -2.50. The number of hydrogen-bond acceptors (Lipinski definition) is 3. The van der Waals surface area contributed by atoms with E-state index in [0.29, 0.717) is 17.8 Å². The number of carbonyl (C=O) groups excluding carboxylic acids is 1. The lowest BCUT2D eigenvalue weighted by atomic mass is 9.47. The van der Waals surface area contributed by atoms with Crippen molar-refractivity contribution in [1.29, 1.82) is 0 Å². The highest BCUT2D eigenvalue weighted by Crippen LogP contribution is 2.66. The van der Waals surface area contributed by atoms with Crippen LogP contribution in [0.25, 0.3) is 5.57 Å². The first-order valence-electron chi connectivity index (χ1n) is 11.8. The molecule has 0 amide bonds. The molecule has 0 N–H and O–H groups in total. The summed E-state index contributed by atoms with van der Waals surface area (Å²) < 4.78 is 14.5. The molecule has 0 spiro atoms. The van der Waals surface area contributed by atoms with Gasteiger partial charge in [-0.1, -0.05) is 37.6 Å². The molecule has 0 saturated heterocycles.